The van der Waals surface area contributed by atoms with Gasteiger partial charge in [-0.1, -0.05) is 18.2 Å². The van der Waals surface area contributed by atoms with E-state index < -0.39 is 0 Å². The van der Waals surface area contributed by atoms with Crippen molar-refractivity contribution in [2.24, 2.45) is 0 Å². The molecule has 2 N–H and O–H groups in total. The number of rotatable bonds is 6. The third-order valence-electron chi connectivity index (χ3n) is 2.30. The Morgan fingerprint density at radius 3 is 2.35 bits per heavy atom. The predicted octanol–water partition coefficient (Wildman–Crippen LogP) is 2.20. The van der Waals surface area contributed by atoms with Crippen LogP contribution >= 0.6 is 11.8 Å². The molecule has 2 amide bonds. The molecular weight excluding hydrogens is 272 g/mol. The molecule has 0 unspecified atom stereocenters. The van der Waals surface area contributed by atoms with E-state index in [1.54, 1.807) is 11.8 Å². The van der Waals surface area contributed by atoms with Crippen LogP contribution in [0.15, 0.2) is 35.2 Å². The second kappa shape index (κ2) is 7.94. The third kappa shape index (κ3) is 7.84. The summed E-state index contributed by atoms with van der Waals surface area (Å²) in [5, 5.41) is 5.42. The second-order valence-corrected chi connectivity index (χ2v) is 6.65. The lowest BCUT2D eigenvalue weighted by molar-refractivity contribution is -0.126. The summed E-state index contributed by atoms with van der Waals surface area (Å²) < 4.78 is 0. The van der Waals surface area contributed by atoms with Gasteiger partial charge >= 0.3 is 0 Å². The maximum atomic E-state index is 11.6. The molecule has 0 bridgehead atoms. The Morgan fingerprint density at radius 1 is 1.10 bits per heavy atom. The smallest absolute Gasteiger partial charge is 0.239 e. The number of hydrogen-bond acceptors (Lipinski definition) is 3. The van der Waals surface area contributed by atoms with Crippen LogP contribution in [0, 0.1) is 0 Å². The van der Waals surface area contributed by atoms with Crippen molar-refractivity contribution in [3.8, 4) is 0 Å². The van der Waals surface area contributed by atoms with Gasteiger partial charge in [-0.2, -0.15) is 0 Å². The molecule has 20 heavy (non-hydrogen) atoms. The van der Waals surface area contributed by atoms with E-state index in [4.69, 9.17) is 0 Å². The van der Waals surface area contributed by atoms with Crippen molar-refractivity contribution in [2.75, 3.05) is 12.3 Å². The van der Waals surface area contributed by atoms with Gasteiger partial charge in [0.1, 0.15) is 0 Å². The minimum atomic E-state index is -0.273. The summed E-state index contributed by atoms with van der Waals surface area (Å²) in [6.45, 7) is 5.75. The Bertz CT molecular complexity index is 441. The lowest BCUT2D eigenvalue weighted by Crippen LogP contribution is -2.45. The highest BCUT2D eigenvalue weighted by atomic mass is 32.2. The highest BCUT2D eigenvalue weighted by Gasteiger charge is 2.13. The Morgan fingerprint density at radius 2 is 1.75 bits per heavy atom. The summed E-state index contributed by atoms with van der Waals surface area (Å²) in [7, 11) is 0. The molecule has 1 aromatic carbocycles. The molecule has 5 heteroatoms. The number of amides is 2. The number of thioether (sulfide) groups is 1. The van der Waals surface area contributed by atoms with Gasteiger partial charge in [0.15, 0.2) is 0 Å². The molecule has 0 aliphatic heterocycles. The highest BCUT2D eigenvalue weighted by molar-refractivity contribution is 7.99. The van der Waals surface area contributed by atoms with Gasteiger partial charge in [-0.3, -0.25) is 9.59 Å². The summed E-state index contributed by atoms with van der Waals surface area (Å²) in [5.41, 5.74) is -0.273. The minimum Gasteiger partial charge on any atom is -0.350 e. The second-order valence-electron chi connectivity index (χ2n) is 5.49. The molecule has 0 aliphatic carbocycles. The van der Waals surface area contributed by atoms with Crippen LogP contribution in [0.3, 0.4) is 0 Å². The first-order valence-electron chi connectivity index (χ1n) is 6.62. The van der Waals surface area contributed by atoms with Crippen LogP contribution in [0.2, 0.25) is 0 Å². The molecule has 1 aromatic rings. The van der Waals surface area contributed by atoms with E-state index in [1.807, 2.05) is 51.1 Å². The first-order valence-corrected chi connectivity index (χ1v) is 7.61. The Balaban J connectivity index is 2.16. The molecule has 0 aromatic heterocycles. The van der Waals surface area contributed by atoms with Crippen molar-refractivity contribution >= 4 is 23.6 Å². The normalized spacial score (nSPS) is 10.9. The van der Waals surface area contributed by atoms with Gasteiger partial charge < -0.3 is 10.6 Å². The first-order chi connectivity index (χ1) is 9.37. The van der Waals surface area contributed by atoms with E-state index in [-0.39, 0.29) is 23.9 Å². The molecule has 0 saturated carbocycles. The minimum absolute atomic E-state index is 0.0338. The quantitative estimate of drug-likeness (QED) is 0.791. The van der Waals surface area contributed by atoms with Crippen molar-refractivity contribution in [2.45, 2.75) is 37.6 Å². The first kappa shape index (κ1) is 16.6. The molecule has 0 heterocycles. The van der Waals surface area contributed by atoms with E-state index in [1.165, 1.54) is 0 Å². The van der Waals surface area contributed by atoms with Crippen molar-refractivity contribution in [1.82, 2.24) is 10.6 Å². The van der Waals surface area contributed by atoms with Gasteiger partial charge in [-0.15, -0.1) is 11.8 Å². The summed E-state index contributed by atoms with van der Waals surface area (Å²) in [4.78, 5) is 24.3. The molecule has 0 radical (unpaired) electrons. The van der Waals surface area contributed by atoms with Gasteiger partial charge in [0.25, 0.3) is 0 Å². The molecule has 1 rings (SSSR count). The predicted molar refractivity (Wildman–Crippen MR) is 82.7 cm³/mol. The molecule has 0 spiro atoms. The topological polar surface area (TPSA) is 58.2 Å². The number of carbonyl (C=O) groups excluding carboxylic acids is 2. The number of nitrogens with one attached hydrogen (secondary N) is 2. The van der Waals surface area contributed by atoms with Crippen molar-refractivity contribution in [3.05, 3.63) is 30.3 Å². The monoisotopic (exact) mass is 294 g/mol. The molecule has 110 valence electrons. The lowest BCUT2D eigenvalue weighted by atomic mass is 10.1. The number of carbonyl (C=O) groups is 2. The molecular formula is C15H22N2O2S. The molecule has 0 saturated heterocycles. The molecule has 0 aliphatic rings. The van der Waals surface area contributed by atoms with Crippen LogP contribution in [0.5, 0.6) is 0 Å². The van der Waals surface area contributed by atoms with Crippen LogP contribution in [0.4, 0.5) is 0 Å². The van der Waals surface area contributed by atoms with E-state index in [2.05, 4.69) is 10.6 Å². The maximum Gasteiger partial charge on any atom is 0.239 e. The summed E-state index contributed by atoms with van der Waals surface area (Å²) >= 11 is 1.63. The van der Waals surface area contributed by atoms with Crippen molar-refractivity contribution < 1.29 is 9.59 Å². The summed E-state index contributed by atoms with van der Waals surface area (Å²) in [6.07, 6.45) is 0.405. The van der Waals surface area contributed by atoms with Gasteiger partial charge in [0, 0.05) is 22.6 Å². The number of hydrogen-bond donors (Lipinski definition) is 2. The Hall–Kier alpha value is -1.49. The van der Waals surface area contributed by atoms with E-state index in [0.29, 0.717) is 12.2 Å². The van der Waals surface area contributed by atoms with Crippen LogP contribution < -0.4 is 10.6 Å². The zero-order valence-electron chi connectivity index (χ0n) is 12.2. The van der Waals surface area contributed by atoms with E-state index >= 15 is 0 Å². The SMILES string of the molecule is CC(C)(C)NC(=O)CNC(=O)CCSc1ccccc1. The van der Waals surface area contributed by atoms with E-state index in [9.17, 15) is 9.59 Å². The molecule has 0 fully saturated rings. The van der Waals surface area contributed by atoms with Crippen LogP contribution in [-0.4, -0.2) is 29.7 Å². The fraction of sp³-hybridized carbons (Fsp3) is 0.467. The van der Waals surface area contributed by atoms with Crippen molar-refractivity contribution in [3.63, 3.8) is 0 Å². The van der Waals surface area contributed by atoms with Gasteiger partial charge in [-0.05, 0) is 32.9 Å². The van der Waals surface area contributed by atoms with E-state index in [0.717, 1.165) is 4.90 Å². The maximum absolute atomic E-state index is 11.6. The van der Waals surface area contributed by atoms with Gasteiger partial charge in [0.2, 0.25) is 11.8 Å². The average molecular weight is 294 g/mol. The van der Waals surface area contributed by atoms with Crippen LogP contribution in [-0.2, 0) is 9.59 Å². The van der Waals surface area contributed by atoms with Gasteiger partial charge in [0.05, 0.1) is 6.54 Å². The summed E-state index contributed by atoms with van der Waals surface area (Å²) in [5.74, 6) is 0.440. The standard InChI is InChI=1S/C15H22N2O2S/c1-15(2,3)17-14(19)11-16-13(18)9-10-20-12-7-5-4-6-8-12/h4-8H,9-11H2,1-3H3,(H,16,18)(H,17,19). The fourth-order valence-electron chi connectivity index (χ4n) is 1.51. The largest absolute Gasteiger partial charge is 0.350 e. The molecule has 0 atom stereocenters. The molecule has 4 nitrogen and oxygen atoms in total. The fourth-order valence-corrected chi connectivity index (χ4v) is 2.38. The Kier molecular flexibility index (Phi) is 6.58. The van der Waals surface area contributed by atoms with Crippen LogP contribution in [0.25, 0.3) is 0 Å². The average Bonchev–Trinajstić information content (AvgIpc) is 2.36. The Labute approximate surface area is 124 Å². The number of benzene rings is 1. The highest BCUT2D eigenvalue weighted by Crippen LogP contribution is 2.17. The van der Waals surface area contributed by atoms with Crippen molar-refractivity contribution in [1.29, 1.82) is 0 Å². The zero-order valence-corrected chi connectivity index (χ0v) is 13.0. The van der Waals surface area contributed by atoms with Gasteiger partial charge in [-0.25, -0.2) is 0 Å². The zero-order chi connectivity index (χ0) is 15.0. The lowest BCUT2D eigenvalue weighted by Gasteiger charge is -2.20. The summed E-state index contributed by atoms with van der Waals surface area (Å²) in [6, 6.07) is 9.93. The third-order valence-corrected chi connectivity index (χ3v) is 3.32. The van der Waals surface area contributed by atoms with Crippen LogP contribution in [0.1, 0.15) is 27.2 Å².